The number of hydrogen-bond acceptors (Lipinski definition) is 0. The maximum Gasteiger partial charge on any atom is 0.210 e. The van der Waals surface area contributed by atoms with Crippen LogP contribution in [0.5, 0.6) is 0 Å². The third kappa shape index (κ3) is 5.36. The van der Waals surface area contributed by atoms with Crippen LogP contribution in [0, 0.1) is 0 Å². The van der Waals surface area contributed by atoms with Gasteiger partial charge in [-0.1, -0.05) is 64.3 Å². The average molecular weight is 401 g/mol. The molecule has 0 atom stereocenters. The van der Waals surface area contributed by atoms with E-state index in [1.165, 1.54) is 47.1 Å². The molecule has 0 unspecified atom stereocenters. The van der Waals surface area contributed by atoms with Gasteiger partial charge in [-0.25, -0.2) is 4.70 Å². The first-order chi connectivity index (χ1) is 14.7. The van der Waals surface area contributed by atoms with Crippen LogP contribution in [0.15, 0.2) is 60.2 Å². The molecule has 0 radical (unpaired) electrons. The van der Waals surface area contributed by atoms with Crippen LogP contribution in [-0.2, 0) is 12.8 Å². The molecule has 0 aliphatic carbocycles. The van der Waals surface area contributed by atoms with Crippen molar-refractivity contribution in [1.29, 1.82) is 0 Å². The third-order valence-electron chi connectivity index (χ3n) is 5.94. The standard InChI is InChI=1S/C28H36N2/c1-4-7-11-22-16-18-24(19-17-22)28-26(14-9-6-3)21-27(30(28)29)25-15-10-13-23(20-25)12-8-5-2/h10,13,15-21H,4-9,11-12,14H2,1-3H3. The minimum absolute atomic E-state index is 0.893. The smallest absolute Gasteiger partial charge is 0.210 e. The summed E-state index contributed by atoms with van der Waals surface area (Å²) in [4.78, 5) is 0. The lowest BCUT2D eigenvalue weighted by Gasteiger charge is -2.11. The monoisotopic (exact) mass is 400 g/mol. The molecule has 2 aromatic rings. The first-order valence-corrected chi connectivity index (χ1v) is 11.8. The van der Waals surface area contributed by atoms with Gasteiger partial charge >= 0.3 is 0 Å². The van der Waals surface area contributed by atoms with Crippen LogP contribution < -0.4 is 0 Å². The van der Waals surface area contributed by atoms with Gasteiger partial charge in [-0.2, -0.15) is 0 Å². The zero-order valence-electron chi connectivity index (χ0n) is 19.0. The zero-order chi connectivity index (χ0) is 21.3. The largest absolute Gasteiger partial charge is 0.493 e. The molecule has 158 valence electrons. The third-order valence-corrected chi connectivity index (χ3v) is 5.94. The Morgan fingerprint density at radius 2 is 1.33 bits per heavy atom. The molecule has 30 heavy (non-hydrogen) atoms. The summed E-state index contributed by atoms with van der Waals surface area (Å²) in [6.07, 6.45) is 12.5. The highest BCUT2D eigenvalue weighted by Gasteiger charge is 2.28. The Bertz CT molecular complexity index is 916. The van der Waals surface area contributed by atoms with E-state index in [-0.39, 0.29) is 0 Å². The van der Waals surface area contributed by atoms with Gasteiger partial charge < -0.3 is 5.53 Å². The molecule has 0 bridgehead atoms. The maximum atomic E-state index is 11.2. The molecule has 0 N–H and O–H groups in total. The molecule has 1 aliphatic heterocycles. The topological polar surface area (TPSA) is 25.3 Å². The average Bonchev–Trinajstić information content (AvgIpc) is 3.11. The molecule has 2 nitrogen and oxygen atoms in total. The summed E-state index contributed by atoms with van der Waals surface area (Å²) in [5.41, 5.74) is 19.2. The van der Waals surface area contributed by atoms with Gasteiger partial charge in [-0.3, -0.25) is 0 Å². The zero-order valence-corrected chi connectivity index (χ0v) is 19.0. The number of rotatable bonds is 11. The van der Waals surface area contributed by atoms with E-state index < -0.39 is 0 Å². The fraction of sp³-hybridized carbons (Fsp3) is 0.429. The molecule has 2 heteroatoms. The lowest BCUT2D eigenvalue weighted by Crippen LogP contribution is -2.03. The number of unbranched alkanes of at least 4 members (excludes halogenated alkanes) is 3. The van der Waals surface area contributed by atoms with Crippen LogP contribution in [0.3, 0.4) is 0 Å². The second-order valence-corrected chi connectivity index (χ2v) is 8.42. The molecule has 2 aromatic carbocycles. The number of hydrogen-bond donors (Lipinski definition) is 0. The van der Waals surface area contributed by atoms with Crippen molar-refractivity contribution >= 4 is 11.4 Å². The summed E-state index contributed by atoms with van der Waals surface area (Å²) in [6, 6.07) is 17.4. The molecule has 0 fully saturated rings. The van der Waals surface area contributed by atoms with E-state index in [2.05, 4.69) is 75.4 Å². The highest BCUT2D eigenvalue weighted by Crippen LogP contribution is 2.37. The quantitative estimate of drug-likeness (QED) is 0.339. The summed E-state index contributed by atoms with van der Waals surface area (Å²) in [5.74, 6) is 0. The second-order valence-electron chi connectivity index (χ2n) is 8.42. The van der Waals surface area contributed by atoms with E-state index in [0.717, 1.165) is 54.6 Å². The Balaban J connectivity index is 1.89. The van der Waals surface area contributed by atoms with Crippen LogP contribution in [0.4, 0.5) is 0 Å². The molecule has 0 saturated heterocycles. The van der Waals surface area contributed by atoms with Crippen LogP contribution in [0.2, 0.25) is 0 Å². The number of nitrogens with zero attached hydrogens (tertiary/aromatic N) is 2. The van der Waals surface area contributed by atoms with Gasteiger partial charge in [-0.05, 0) is 73.9 Å². The van der Waals surface area contributed by atoms with Crippen molar-refractivity contribution < 1.29 is 4.70 Å². The van der Waals surface area contributed by atoms with E-state index in [1.807, 2.05) is 0 Å². The Labute approximate surface area is 182 Å². The summed E-state index contributed by atoms with van der Waals surface area (Å²) in [5, 5.41) is 0. The Kier molecular flexibility index (Phi) is 8.19. The van der Waals surface area contributed by atoms with Crippen LogP contribution in [-0.4, -0.2) is 4.70 Å². The van der Waals surface area contributed by atoms with Gasteiger partial charge in [0, 0.05) is 22.8 Å². The normalized spacial score (nSPS) is 13.8. The molecule has 0 spiro atoms. The second kappa shape index (κ2) is 11.1. The van der Waals surface area contributed by atoms with Gasteiger partial charge in [-0.15, -0.1) is 0 Å². The van der Waals surface area contributed by atoms with E-state index in [1.54, 1.807) is 0 Å². The van der Waals surface area contributed by atoms with Crippen molar-refractivity contribution in [3.8, 4) is 0 Å². The van der Waals surface area contributed by atoms with Crippen molar-refractivity contribution in [2.45, 2.75) is 78.6 Å². The molecular weight excluding hydrogens is 364 g/mol. The van der Waals surface area contributed by atoms with E-state index in [9.17, 15) is 5.53 Å². The van der Waals surface area contributed by atoms with Crippen LogP contribution in [0.1, 0.15) is 88.0 Å². The number of allylic oxidation sites excluding steroid dienone is 2. The van der Waals surface area contributed by atoms with Gasteiger partial charge in [0.05, 0.1) is 0 Å². The lowest BCUT2D eigenvalue weighted by molar-refractivity contribution is -0.344. The first kappa shape index (κ1) is 22.2. The van der Waals surface area contributed by atoms with Crippen LogP contribution in [0.25, 0.3) is 16.9 Å². The van der Waals surface area contributed by atoms with E-state index in [0.29, 0.717) is 0 Å². The van der Waals surface area contributed by atoms with Gasteiger partial charge in [0.15, 0.2) is 0 Å². The predicted molar refractivity (Wildman–Crippen MR) is 128 cm³/mol. The Morgan fingerprint density at radius 1 is 0.700 bits per heavy atom. The summed E-state index contributed by atoms with van der Waals surface area (Å²) in [7, 11) is 0. The van der Waals surface area contributed by atoms with Gasteiger partial charge in [0.25, 0.3) is 0 Å². The number of benzene rings is 2. The number of aryl methyl sites for hydroxylation is 2. The molecule has 1 aliphatic rings. The SMILES string of the molecule is CCCCC1=C(c2ccc(CCCC)cc2)[N+](=[N-])C(c2cccc(CCCC)c2)=C1. The molecule has 0 saturated carbocycles. The fourth-order valence-electron chi connectivity index (χ4n) is 4.10. The maximum absolute atomic E-state index is 11.2. The predicted octanol–water partition coefficient (Wildman–Crippen LogP) is 8.36. The minimum atomic E-state index is 0.893. The van der Waals surface area contributed by atoms with E-state index >= 15 is 0 Å². The van der Waals surface area contributed by atoms with Crippen molar-refractivity contribution in [3.05, 3.63) is 88.0 Å². The van der Waals surface area contributed by atoms with Crippen molar-refractivity contribution in [1.82, 2.24) is 0 Å². The summed E-state index contributed by atoms with van der Waals surface area (Å²) < 4.78 is 1.42. The van der Waals surface area contributed by atoms with E-state index in [4.69, 9.17) is 0 Å². The molecule has 1 heterocycles. The van der Waals surface area contributed by atoms with Crippen molar-refractivity contribution in [2.75, 3.05) is 0 Å². The fourth-order valence-corrected chi connectivity index (χ4v) is 4.10. The molecular formula is C28H36N2. The Morgan fingerprint density at radius 3 is 2.00 bits per heavy atom. The summed E-state index contributed by atoms with van der Waals surface area (Å²) in [6.45, 7) is 6.67. The van der Waals surface area contributed by atoms with Crippen molar-refractivity contribution in [2.24, 2.45) is 0 Å². The molecule has 3 rings (SSSR count). The Hall–Kier alpha value is -2.48. The molecule has 0 aromatic heterocycles. The first-order valence-electron chi connectivity index (χ1n) is 11.8. The lowest BCUT2D eigenvalue weighted by atomic mass is 10.0. The highest BCUT2D eigenvalue weighted by molar-refractivity contribution is 5.78. The minimum Gasteiger partial charge on any atom is -0.493 e. The summed E-state index contributed by atoms with van der Waals surface area (Å²) >= 11 is 0. The molecule has 0 amide bonds. The van der Waals surface area contributed by atoms with Crippen molar-refractivity contribution in [3.63, 3.8) is 0 Å². The van der Waals surface area contributed by atoms with Gasteiger partial charge in [0.1, 0.15) is 0 Å². The van der Waals surface area contributed by atoms with Crippen LogP contribution >= 0.6 is 0 Å². The van der Waals surface area contributed by atoms with Gasteiger partial charge in [0.2, 0.25) is 11.4 Å². The highest BCUT2D eigenvalue weighted by atomic mass is 15.2.